The maximum absolute atomic E-state index is 13.8. The zero-order valence-electron chi connectivity index (χ0n) is 14.7. The van der Waals surface area contributed by atoms with Gasteiger partial charge in [-0.1, -0.05) is 0 Å². The zero-order valence-corrected chi connectivity index (χ0v) is 14.7. The lowest BCUT2D eigenvalue weighted by Gasteiger charge is -2.11. The largest absolute Gasteiger partial charge is 0.340 e. The summed E-state index contributed by atoms with van der Waals surface area (Å²) in [5.41, 5.74) is 2.17. The second-order valence-corrected chi connectivity index (χ2v) is 5.85. The number of halogens is 2. The van der Waals surface area contributed by atoms with Crippen LogP contribution in [0.2, 0.25) is 0 Å². The summed E-state index contributed by atoms with van der Waals surface area (Å²) in [6.07, 6.45) is 0. The highest BCUT2D eigenvalue weighted by molar-refractivity contribution is 5.88. The van der Waals surface area contributed by atoms with Crippen LogP contribution in [-0.4, -0.2) is 15.9 Å². The van der Waals surface area contributed by atoms with Crippen LogP contribution in [0.5, 0.6) is 0 Å². The van der Waals surface area contributed by atoms with E-state index < -0.39 is 11.6 Å². The maximum Gasteiger partial charge on any atom is 0.229 e. The van der Waals surface area contributed by atoms with E-state index in [1.807, 2.05) is 0 Å². The Balaban J connectivity index is 1.77. The lowest BCUT2D eigenvalue weighted by atomic mass is 10.2. The van der Waals surface area contributed by atoms with Crippen LogP contribution in [0.3, 0.4) is 0 Å². The van der Waals surface area contributed by atoms with Gasteiger partial charge in [0.1, 0.15) is 17.5 Å². The molecule has 27 heavy (non-hydrogen) atoms. The number of carbonyl (C=O) groups excluding carboxylic acids is 1. The van der Waals surface area contributed by atoms with Crippen LogP contribution < -0.4 is 16.0 Å². The first-order chi connectivity index (χ1) is 12.9. The second kappa shape index (κ2) is 7.77. The Morgan fingerprint density at radius 1 is 0.926 bits per heavy atom. The Morgan fingerprint density at radius 2 is 1.63 bits per heavy atom. The third-order valence-electron chi connectivity index (χ3n) is 3.51. The number of hydrogen-bond acceptors (Lipinski definition) is 5. The number of aromatic nitrogens is 2. The van der Waals surface area contributed by atoms with Crippen molar-refractivity contribution in [3.05, 3.63) is 65.9 Å². The predicted octanol–water partition coefficient (Wildman–Crippen LogP) is 4.51. The van der Waals surface area contributed by atoms with E-state index in [9.17, 15) is 13.6 Å². The van der Waals surface area contributed by atoms with Gasteiger partial charge in [-0.25, -0.2) is 13.8 Å². The van der Waals surface area contributed by atoms with Crippen LogP contribution in [0.15, 0.2) is 48.5 Å². The van der Waals surface area contributed by atoms with Crippen LogP contribution in [0.1, 0.15) is 12.6 Å². The first-order valence-electron chi connectivity index (χ1n) is 8.11. The smallest absolute Gasteiger partial charge is 0.229 e. The standard InChI is InChI=1S/C19H17F2N5O/c1-11-9-18(24-15-6-4-14(5-7-15)23-12(2)27)26-19(22-11)25-17-8-3-13(20)10-16(17)21/h3-10H,1-2H3,(H,23,27)(H2,22,24,25,26). The minimum absolute atomic E-state index is 0.0765. The number of amides is 1. The maximum atomic E-state index is 13.8. The zero-order chi connectivity index (χ0) is 19.4. The number of hydrogen-bond donors (Lipinski definition) is 3. The Kier molecular flexibility index (Phi) is 5.25. The highest BCUT2D eigenvalue weighted by atomic mass is 19.1. The second-order valence-electron chi connectivity index (χ2n) is 5.85. The molecule has 0 aliphatic heterocycles. The first-order valence-corrected chi connectivity index (χ1v) is 8.11. The summed E-state index contributed by atoms with van der Waals surface area (Å²) in [4.78, 5) is 19.6. The van der Waals surface area contributed by atoms with Crippen molar-refractivity contribution in [1.82, 2.24) is 9.97 Å². The van der Waals surface area contributed by atoms with E-state index in [0.29, 0.717) is 17.2 Å². The molecule has 138 valence electrons. The highest BCUT2D eigenvalue weighted by Gasteiger charge is 2.08. The molecule has 8 heteroatoms. The van der Waals surface area contributed by atoms with Crippen LogP contribution >= 0.6 is 0 Å². The highest BCUT2D eigenvalue weighted by Crippen LogP contribution is 2.22. The van der Waals surface area contributed by atoms with Crippen LogP contribution in [-0.2, 0) is 4.79 Å². The minimum atomic E-state index is -0.733. The monoisotopic (exact) mass is 369 g/mol. The third-order valence-corrected chi connectivity index (χ3v) is 3.51. The Labute approximate surface area is 154 Å². The van der Waals surface area contributed by atoms with Gasteiger partial charge in [-0.15, -0.1) is 0 Å². The van der Waals surface area contributed by atoms with Gasteiger partial charge in [-0.2, -0.15) is 4.98 Å². The average Bonchev–Trinajstić information content (AvgIpc) is 2.58. The van der Waals surface area contributed by atoms with Gasteiger partial charge in [0, 0.05) is 36.1 Å². The van der Waals surface area contributed by atoms with Crippen molar-refractivity contribution in [2.75, 3.05) is 16.0 Å². The van der Waals surface area contributed by atoms with E-state index in [4.69, 9.17) is 0 Å². The molecule has 0 atom stereocenters. The van der Waals surface area contributed by atoms with Gasteiger partial charge in [-0.3, -0.25) is 4.79 Å². The van der Waals surface area contributed by atoms with Gasteiger partial charge in [0.2, 0.25) is 11.9 Å². The van der Waals surface area contributed by atoms with Crippen molar-refractivity contribution >= 4 is 34.7 Å². The van der Waals surface area contributed by atoms with Gasteiger partial charge in [0.25, 0.3) is 0 Å². The number of nitrogens with zero attached hydrogens (tertiary/aromatic N) is 2. The number of benzene rings is 2. The topological polar surface area (TPSA) is 78.9 Å². The van der Waals surface area contributed by atoms with Crippen molar-refractivity contribution in [1.29, 1.82) is 0 Å². The summed E-state index contributed by atoms with van der Waals surface area (Å²) in [6, 6.07) is 12.0. The Morgan fingerprint density at radius 3 is 2.30 bits per heavy atom. The van der Waals surface area contributed by atoms with Crippen molar-refractivity contribution in [3.8, 4) is 0 Å². The van der Waals surface area contributed by atoms with E-state index in [2.05, 4.69) is 25.9 Å². The molecule has 3 rings (SSSR count). The molecular weight excluding hydrogens is 352 g/mol. The molecule has 0 fully saturated rings. The van der Waals surface area contributed by atoms with Crippen molar-refractivity contribution < 1.29 is 13.6 Å². The number of aryl methyl sites for hydroxylation is 1. The molecule has 1 amide bonds. The van der Waals surface area contributed by atoms with Gasteiger partial charge >= 0.3 is 0 Å². The number of carbonyl (C=O) groups is 1. The molecule has 1 heterocycles. The SMILES string of the molecule is CC(=O)Nc1ccc(Nc2cc(C)nc(Nc3ccc(F)cc3F)n2)cc1. The molecule has 2 aromatic carbocycles. The van der Waals surface area contributed by atoms with Crippen molar-refractivity contribution in [3.63, 3.8) is 0 Å². The van der Waals surface area contributed by atoms with Crippen molar-refractivity contribution in [2.45, 2.75) is 13.8 Å². The fourth-order valence-electron chi connectivity index (χ4n) is 2.39. The molecule has 0 unspecified atom stereocenters. The van der Waals surface area contributed by atoms with Crippen molar-refractivity contribution in [2.24, 2.45) is 0 Å². The number of anilines is 5. The fraction of sp³-hybridized carbons (Fsp3) is 0.105. The van der Waals surface area contributed by atoms with Crippen LogP contribution in [0, 0.1) is 18.6 Å². The lowest BCUT2D eigenvalue weighted by molar-refractivity contribution is -0.114. The molecule has 0 spiro atoms. The van der Waals surface area contributed by atoms with E-state index in [-0.39, 0.29) is 17.5 Å². The van der Waals surface area contributed by atoms with E-state index >= 15 is 0 Å². The number of rotatable bonds is 5. The van der Waals surface area contributed by atoms with Gasteiger partial charge < -0.3 is 16.0 Å². The van der Waals surface area contributed by atoms with Gasteiger partial charge in [-0.05, 0) is 43.3 Å². The lowest BCUT2D eigenvalue weighted by Crippen LogP contribution is -2.06. The predicted molar refractivity (Wildman–Crippen MR) is 100 cm³/mol. The molecule has 0 saturated carbocycles. The molecule has 3 aromatic rings. The molecule has 0 radical (unpaired) electrons. The fourth-order valence-corrected chi connectivity index (χ4v) is 2.39. The first kappa shape index (κ1) is 18.2. The van der Waals surface area contributed by atoms with Crippen LogP contribution in [0.25, 0.3) is 0 Å². The molecule has 0 aliphatic rings. The molecule has 0 aliphatic carbocycles. The third kappa shape index (κ3) is 4.97. The summed E-state index contributed by atoms with van der Waals surface area (Å²) in [5.74, 6) is -0.861. The van der Waals surface area contributed by atoms with Crippen LogP contribution in [0.4, 0.5) is 37.6 Å². The molecular formula is C19H17F2N5O. The Bertz CT molecular complexity index is 976. The summed E-state index contributed by atoms with van der Waals surface area (Å²) in [6.45, 7) is 3.22. The molecule has 6 nitrogen and oxygen atoms in total. The Hall–Kier alpha value is -3.55. The van der Waals surface area contributed by atoms with E-state index in [1.165, 1.54) is 13.0 Å². The quantitative estimate of drug-likeness (QED) is 0.617. The summed E-state index contributed by atoms with van der Waals surface area (Å²) < 4.78 is 26.8. The summed E-state index contributed by atoms with van der Waals surface area (Å²) in [7, 11) is 0. The minimum Gasteiger partial charge on any atom is -0.340 e. The molecule has 3 N–H and O–H groups in total. The molecule has 1 aromatic heterocycles. The summed E-state index contributed by atoms with van der Waals surface area (Å²) >= 11 is 0. The molecule has 0 saturated heterocycles. The van der Waals surface area contributed by atoms with E-state index in [0.717, 1.165) is 17.8 Å². The average molecular weight is 369 g/mol. The van der Waals surface area contributed by atoms with Gasteiger partial charge in [0.05, 0.1) is 5.69 Å². The van der Waals surface area contributed by atoms with Gasteiger partial charge in [0.15, 0.2) is 0 Å². The molecule has 0 bridgehead atoms. The van der Waals surface area contributed by atoms with E-state index in [1.54, 1.807) is 37.3 Å². The number of nitrogens with one attached hydrogen (secondary N) is 3. The summed E-state index contributed by atoms with van der Waals surface area (Å²) in [5, 5.41) is 8.55. The normalized spacial score (nSPS) is 10.4.